The molecule has 3 aliphatic rings. The fourth-order valence-electron chi connectivity index (χ4n) is 4.66. The lowest BCUT2D eigenvalue weighted by Crippen LogP contribution is -2.51. The molecular formula is C22H21O4-. The standard InChI is InChI=1S/C22H22O4/c1-2-3-12-26-22(25)20-18-15-10-6-4-8-13(15)17(19(20)21(23)24)14-9-5-7-11-16(14)18/h4-11,17-20H,2-3,12H2,1H3,(H,23,24)/p-1/t17?,18?,19-,20+/m0/s1. The summed E-state index contributed by atoms with van der Waals surface area (Å²) in [6.07, 6.45) is 1.69. The predicted molar refractivity (Wildman–Crippen MR) is 94.4 cm³/mol. The number of rotatable bonds is 5. The largest absolute Gasteiger partial charge is 0.550 e. The maximum absolute atomic E-state index is 12.9. The van der Waals surface area contributed by atoms with Crippen LogP contribution in [0, 0.1) is 11.8 Å². The number of hydrogen-bond acceptors (Lipinski definition) is 4. The summed E-state index contributed by atoms with van der Waals surface area (Å²) in [7, 11) is 0. The zero-order valence-electron chi connectivity index (χ0n) is 14.7. The van der Waals surface area contributed by atoms with Gasteiger partial charge < -0.3 is 14.6 Å². The van der Waals surface area contributed by atoms with E-state index < -0.39 is 23.8 Å². The predicted octanol–water partition coefficient (Wildman–Crippen LogP) is 2.60. The van der Waals surface area contributed by atoms with Crippen molar-refractivity contribution >= 4 is 11.9 Å². The number of hydrogen-bond donors (Lipinski definition) is 0. The summed E-state index contributed by atoms with van der Waals surface area (Å²) in [4.78, 5) is 25.0. The number of unbranched alkanes of at least 4 members (excludes halogenated alkanes) is 1. The quantitative estimate of drug-likeness (QED) is 0.615. The summed E-state index contributed by atoms with van der Waals surface area (Å²) in [5, 5.41) is 12.1. The van der Waals surface area contributed by atoms with Gasteiger partial charge in [0.05, 0.1) is 12.5 Å². The highest BCUT2D eigenvalue weighted by atomic mass is 16.5. The first-order valence-electron chi connectivity index (χ1n) is 9.20. The summed E-state index contributed by atoms with van der Waals surface area (Å²) in [6.45, 7) is 2.35. The van der Waals surface area contributed by atoms with Crippen LogP contribution in [0.2, 0.25) is 0 Å². The average Bonchev–Trinajstić information content (AvgIpc) is 2.67. The van der Waals surface area contributed by atoms with Gasteiger partial charge >= 0.3 is 5.97 Å². The average molecular weight is 349 g/mol. The Morgan fingerprint density at radius 3 is 1.77 bits per heavy atom. The number of ether oxygens (including phenoxy) is 1. The van der Waals surface area contributed by atoms with Crippen LogP contribution in [0.25, 0.3) is 0 Å². The van der Waals surface area contributed by atoms with Crippen molar-refractivity contribution in [1.29, 1.82) is 0 Å². The summed E-state index contributed by atoms with van der Waals surface area (Å²) < 4.78 is 5.45. The van der Waals surface area contributed by atoms with E-state index in [9.17, 15) is 14.7 Å². The minimum Gasteiger partial charge on any atom is -0.550 e. The number of benzene rings is 2. The van der Waals surface area contributed by atoms with E-state index in [1.807, 2.05) is 55.5 Å². The summed E-state index contributed by atoms with van der Waals surface area (Å²) >= 11 is 0. The van der Waals surface area contributed by atoms with Crippen LogP contribution in [0.1, 0.15) is 53.9 Å². The summed E-state index contributed by atoms with van der Waals surface area (Å²) in [5.74, 6) is -3.93. The molecule has 0 aromatic heterocycles. The number of fused-ring (bicyclic) bond motifs is 1. The molecule has 0 radical (unpaired) electrons. The second kappa shape index (κ2) is 6.60. The number of carboxylic acid groups (broad SMARTS) is 1. The number of carbonyl (C=O) groups is 2. The van der Waals surface area contributed by atoms with Crippen LogP contribution in [0.5, 0.6) is 0 Å². The zero-order valence-corrected chi connectivity index (χ0v) is 14.7. The fourth-order valence-corrected chi connectivity index (χ4v) is 4.66. The minimum absolute atomic E-state index is 0.301. The van der Waals surface area contributed by atoms with E-state index in [1.165, 1.54) is 0 Å². The molecule has 0 saturated carbocycles. The van der Waals surface area contributed by atoms with Crippen molar-refractivity contribution in [3.63, 3.8) is 0 Å². The van der Waals surface area contributed by atoms with E-state index in [1.54, 1.807) is 0 Å². The van der Waals surface area contributed by atoms with Crippen LogP contribution in [0.3, 0.4) is 0 Å². The Labute approximate surface area is 152 Å². The topological polar surface area (TPSA) is 66.4 Å². The van der Waals surface area contributed by atoms with Gasteiger partial charge in [0.15, 0.2) is 0 Å². The Morgan fingerprint density at radius 1 is 0.885 bits per heavy atom. The van der Waals surface area contributed by atoms with Gasteiger partial charge in [-0.15, -0.1) is 0 Å². The van der Waals surface area contributed by atoms with E-state index in [2.05, 4.69) is 0 Å². The van der Waals surface area contributed by atoms with Gasteiger partial charge in [0.25, 0.3) is 0 Å². The highest BCUT2D eigenvalue weighted by molar-refractivity contribution is 5.86. The van der Waals surface area contributed by atoms with Crippen molar-refractivity contribution in [2.24, 2.45) is 11.8 Å². The third kappa shape index (κ3) is 2.44. The van der Waals surface area contributed by atoms with Crippen LogP contribution in [0.15, 0.2) is 48.5 Å². The highest BCUT2D eigenvalue weighted by Crippen LogP contribution is 2.58. The first kappa shape index (κ1) is 16.8. The van der Waals surface area contributed by atoms with Gasteiger partial charge in [-0.2, -0.15) is 0 Å². The van der Waals surface area contributed by atoms with Crippen molar-refractivity contribution < 1.29 is 19.4 Å². The Kier molecular flexibility index (Phi) is 4.27. The first-order valence-corrected chi connectivity index (χ1v) is 9.20. The molecule has 2 aromatic rings. The molecule has 0 spiro atoms. The number of carbonyl (C=O) groups excluding carboxylic acids is 2. The van der Waals surface area contributed by atoms with Crippen LogP contribution in [-0.2, 0) is 14.3 Å². The van der Waals surface area contributed by atoms with Crippen LogP contribution in [0.4, 0.5) is 0 Å². The van der Waals surface area contributed by atoms with Crippen molar-refractivity contribution in [1.82, 2.24) is 0 Å². The van der Waals surface area contributed by atoms with Gasteiger partial charge in [-0.1, -0.05) is 61.9 Å². The van der Waals surface area contributed by atoms with Gasteiger partial charge in [0.1, 0.15) is 0 Å². The lowest BCUT2D eigenvalue weighted by Gasteiger charge is -2.49. The SMILES string of the molecule is CCCCOC(=O)[C@@H]1C2c3ccccc3C(c3ccccc32)[C@@H]1C(=O)[O-]. The minimum atomic E-state index is -1.18. The molecular weight excluding hydrogens is 328 g/mol. The molecule has 0 saturated heterocycles. The molecule has 0 unspecified atom stereocenters. The molecule has 0 heterocycles. The molecule has 0 aliphatic heterocycles. The third-order valence-electron chi connectivity index (χ3n) is 5.72. The highest BCUT2D eigenvalue weighted by Gasteiger charge is 2.53. The molecule has 5 rings (SSSR count). The number of aliphatic carboxylic acids is 1. The smallest absolute Gasteiger partial charge is 0.310 e. The lowest BCUT2D eigenvalue weighted by atomic mass is 9.54. The Balaban J connectivity index is 1.85. The second-order valence-corrected chi connectivity index (χ2v) is 7.10. The maximum atomic E-state index is 12.9. The van der Waals surface area contributed by atoms with E-state index in [-0.39, 0.29) is 11.8 Å². The fraction of sp³-hybridized carbons (Fsp3) is 0.364. The molecule has 134 valence electrons. The Morgan fingerprint density at radius 2 is 1.35 bits per heavy atom. The third-order valence-corrected chi connectivity index (χ3v) is 5.72. The number of esters is 1. The van der Waals surface area contributed by atoms with Crippen LogP contribution < -0.4 is 5.11 Å². The molecule has 2 bridgehead atoms. The second-order valence-electron chi connectivity index (χ2n) is 7.10. The van der Waals surface area contributed by atoms with E-state index in [0.717, 1.165) is 35.1 Å². The zero-order chi connectivity index (χ0) is 18.3. The molecule has 0 fully saturated rings. The van der Waals surface area contributed by atoms with Crippen LogP contribution >= 0.6 is 0 Å². The molecule has 0 N–H and O–H groups in total. The Bertz CT molecular complexity index is 809. The summed E-state index contributed by atoms with van der Waals surface area (Å²) in [5.41, 5.74) is 4.04. The van der Waals surface area contributed by atoms with Gasteiger partial charge in [-0.05, 0) is 28.7 Å². The lowest BCUT2D eigenvalue weighted by molar-refractivity contribution is -0.314. The van der Waals surface area contributed by atoms with Gasteiger partial charge in [0, 0.05) is 23.7 Å². The monoisotopic (exact) mass is 349 g/mol. The van der Waals surface area contributed by atoms with Gasteiger partial charge in [-0.25, -0.2) is 0 Å². The van der Waals surface area contributed by atoms with Crippen molar-refractivity contribution in [2.75, 3.05) is 6.61 Å². The Hall–Kier alpha value is -2.62. The number of carboxylic acids is 1. The van der Waals surface area contributed by atoms with Gasteiger partial charge in [-0.3, -0.25) is 4.79 Å². The normalized spacial score (nSPS) is 25.3. The van der Waals surface area contributed by atoms with E-state index >= 15 is 0 Å². The summed E-state index contributed by atoms with van der Waals surface area (Å²) in [6, 6.07) is 15.7. The molecule has 0 amide bonds. The molecule has 4 heteroatoms. The van der Waals surface area contributed by atoms with Crippen molar-refractivity contribution in [3.8, 4) is 0 Å². The van der Waals surface area contributed by atoms with E-state index in [4.69, 9.17) is 4.74 Å². The molecule has 26 heavy (non-hydrogen) atoms. The molecule has 2 aromatic carbocycles. The molecule has 4 nitrogen and oxygen atoms in total. The van der Waals surface area contributed by atoms with Crippen molar-refractivity contribution in [3.05, 3.63) is 70.8 Å². The maximum Gasteiger partial charge on any atom is 0.310 e. The van der Waals surface area contributed by atoms with Crippen LogP contribution in [-0.4, -0.2) is 18.5 Å². The van der Waals surface area contributed by atoms with E-state index in [0.29, 0.717) is 6.61 Å². The first-order chi connectivity index (χ1) is 12.6. The molecule has 2 atom stereocenters. The molecule has 3 aliphatic carbocycles. The van der Waals surface area contributed by atoms with Gasteiger partial charge in [0.2, 0.25) is 0 Å². The van der Waals surface area contributed by atoms with Crippen molar-refractivity contribution in [2.45, 2.75) is 31.6 Å².